The number of amides is 1. The Morgan fingerprint density at radius 1 is 1.21 bits per heavy atom. The summed E-state index contributed by atoms with van der Waals surface area (Å²) in [6.07, 6.45) is 1.71. The zero-order chi connectivity index (χ0) is 23.9. The second-order valence-corrected chi connectivity index (χ2v) is 9.16. The number of aromatic nitrogens is 4. The maximum absolute atomic E-state index is 13.1. The van der Waals surface area contributed by atoms with Gasteiger partial charge in [-0.3, -0.25) is 9.36 Å². The van der Waals surface area contributed by atoms with Crippen molar-refractivity contribution in [3.63, 3.8) is 0 Å². The highest BCUT2D eigenvalue weighted by Crippen LogP contribution is 2.26. The fraction of sp³-hybridized carbons (Fsp3) is 0.130. The van der Waals surface area contributed by atoms with Crippen molar-refractivity contribution >= 4 is 45.7 Å². The first kappa shape index (κ1) is 23.9. The molecule has 4 rings (SSSR count). The fourth-order valence-corrected chi connectivity index (χ4v) is 4.52. The normalized spacial score (nSPS) is 10.8. The van der Waals surface area contributed by atoms with Crippen LogP contribution in [0.5, 0.6) is 5.75 Å². The zero-order valence-corrected chi connectivity index (χ0v) is 20.2. The number of anilines is 1. The van der Waals surface area contributed by atoms with Gasteiger partial charge in [0, 0.05) is 22.5 Å². The lowest BCUT2D eigenvalue weighted by Gasteiger charge is -2.09. The first-order chi connectivity index (χ1) is 16.5. The van der Waals surface area contributed by atoms with Crippen LogP contribution >= 0.6 is 34.7 Å². The molecule has 174 valence electrons. The van der Waals surface area contributed by atoms with Gasteiger partial charge in [-0.1, -0.05) is 41.6 Å². The minimum absolute atomic E-state index is 0.129. The standard InChI is InChI=1S/C23H19ClFN5O2S2/c1-2-11-30-20(12-32-18-9-7-17(25)8-10-18)28-29-23(30)34-14-21(31)27-22-26-19(13-33-22)15-3-5-16(24)6-4-15/h2-10,13H,1,11-12,14H2,(H,26,27,31). The zero-order valence-electron chi connectivity index (χ0n) is 17.8. The molecule has 1 amide bonds. The average molecular weight is 516 g/mol. The Morgan fingerprint density at radius 2 is 1.97 bits per heavy atom. The van der Waals surface area contributed by atoms with Crippen LogP contribution in [-0.4, -0.2) is 31.4 Å². The van der Waals surface area contributed by atoms with Gasteiger partial charge in [0.1, 0.15) is 18.2 Å². The summed E-state index contributed by atoms with van der Waals surface area (Å²) < 4.78 is 20.5. The predicted octanol–water partition coefficient (Wildman–Crippen LogP) is 5.69. The van der Waals surface area contributed by atoms with E-state index in [4.69, 9.17) is 16.3 Å². The van der Waals surface area contributed by atoms with Gasteiger partial charge in [0.15, 0.2) is 16.1 Å². The highest BCUT2D eigenvalue weighted by Gasteiger charge is 2.15. The number of thioether (sulfide) groups is 1. The third-order valence-electron chi connectivity index (χ3n) is 4.51. The van der Waals surface area contributed by atoms with Crippen molar-refractivity contribution in [1.82, 2.24) is 19.7 Å². The molecule has 7 nitrogen and oxygen atoms in total. The molecule has 0 saturated carbocycles. The van der Waals surface area contributed by atoms with Crippen LogP contribution in [0.2, 0.25) is 5.02 Å². The van der Waals surface area contributed by atoms with Gasteiger partial charge < -0.3 is 10.1 Å². The lowest BCUT2D eigenvalue weighted by Crippen LogP contribution is -2.15. The van der Waals surface area contributed by atoms with E-state index in [0.717, 1.165) is 11.3 Å². The van der Waals surface area contributed by atoms with E-state index in [-0.39, 0.29) is 24.1 Å². The molecule has 0 unspecified atom stereocenters. The molecule has 0 bridgehead atoms. The molecule has 0 spiro atoms. The number of allylic oxidation sites excluding steroid dienone is 1. The molecule has 0 aliphatic heterocycles. The van der Waals surface area contributed by atoms with E-state index in [1.807, 2.05) is 22.1 Å². The molecule has 4 aromatic rings. The number of halogens is 2. The van der Waals surface area contributed by atoms with Crippen LogP contribution in [0, 0.1) is 5.82 Å². The van der Waals surface area contributed by atoms with Gasteiger partial charge in [-0.2, -0.15) is 0 Å². The maximum atomic E-state index is 13.1. The van der Waals surface area contributed by atoms with Crippen molar-refractivity contribution in [3.05, 3.63) is 83.2 Å². The van der Waals surface area contributed by atoms with E-state index >= 15 is 0 Å². The Balaban J connectivity index is 1.34. The summed E-state index contributed by atoms with van der Waals surface area (Å²) in [5, 5.41) is 14.8. The third kappa shape index (κ3) is 6.22. The van der Waals surface area contributed by atoms with Crippen LogP contribution in [-0.2, 0) is 17.9 Å². The Bertz CT molecular complexity index is 1280. The van der Waals surface area contributed by atoms with Gasteiger partial charge in [-0.15, -0.1) is 28.1 Å². The predicted molar refractivity (Wildman–Crippen MR) is 133 cm³/mol. The monoisotopic (exact) mass is 515 g/mol. The topological polar surface area (TPSA) is 81.9 Å². The quantitative estimate of drug-likeness (QED) is 0.216. The molecule has 2 heterocycles. The van der Waals surface area contributed by atoms with E-state index in [0.29, 0.717) is 33.4 Å². The number of rotatable bonds is 10. The second kappa shape index (κ2) is 11.3. The number of carbonyl (C=O) groups is 1. The van der Waals surface area contributed by atoms with Gasteiger partial charge in [0.25, 0.3) is 0 Å². The number of hydrogen-bond donors (Lipinski definition) is 1. The lowest BCUT2D eigenvalue weighted by molar-refractivity contribution is -0.113. The first-order valence-corrected chi connectivity index (χ1v) is 12.3. The molecule has 1 N–H and O–H groups in total. The molecule has 0 fully saturated rings. The molecule has 0 atom stereocenters. The van der Waals surface area contributed by atoms with E-state index in [2.05, 4.69) is 27.1 Å². The van der Waals surface area contributed by atoms with E-state index in [1.165, 1.54) is 35.2 Å². The molecule has 11 heteroatoms. The Morgan fingerprint density at radius 3 is 2.71 bits per heavy atom. The number of carbonyl (C=O) groups excluding carboxylic acids is 1. The van der Waals surface area contributed by atoms with Crippen molar-refractivity contribution in [2.45, 2.75) is 18.3 Å². The van der Waals surface area contributed by atoms with Crippen molar-refractivity contribution < 1.29 is 13.9 Å². The largest absolute Gasteiger partial charge is 0.486 e. The van der Waals surface area contributed by atoms with E-state index in [9.17, 15) is 9.18 Å². The van der Waals surface area contributed by atoms with Crippen molar-refractivity contribution in [1.29, 1.82) is 0 Å². The second-order valence-electron chi connectivity index (χ2n) is 6.92. The third-order valence-corrected chi connectivity index (χ3v) is 6.49. The molecule has 0 radical (unpaired) electrons. The highest BCUT2D eigenvalue weighted by molar-refractivity contribution is 7.99. The van der Waals surface area contributed by atoms with Crippen LogP contribution in [0.4, 0.5) is 9.52 Å². The summed E-state index contributed by atoms with van der Waals surface area (Å²) in [7, 11) is 0. The smallest absolute Gasteiger partial charge is 0.236 e. The molecular formula is C23H19ClFN5O2S2. The number of nitrogens with one attached hydrogen (secondary N) is 1. The minimum Gasteiger partial charge on any atom is -0.486 e. The van der Waals surface area contributed by atoms with Crippen LogP contribution < -0.4 is 10.1 Å². The van der Waals surface area contributed by atoms with Gasteiger partial charge in [0.2, 0.25) is 5.91 Å². The van der Waals surface area contributed by atoms with Crippen molar-refractivity contribution in [2.75, 3.05) is 11.1 Å². The number of ether oxygens (including phenoxy) is 1. The van der Waals surface area contributed by atoms with Crippen LogP contribution in [0.3, 0.4) is 0 Å². The molecule has 0 aliphatic rings. The number of hydrogen-bond acceptors (Lipinski definition) is 7. The Kier molecular flexibility index (Phi) is 7.94. The van der Waals surface area contributed by atoms with Crippen LogP contribution in [0.1, 0.15) is 5.82 Å². The van der Waals surface area contributed by atoms with Crippen molar-refractivity contribution in [2.24, 2.45) is 0 Å². The van der Waals surface area contributed by atoms with E-state index < -0.39 is 0 Å². The van der Waals surface area contributed by atoms with Gasteiger partial charge in [0.05, 0.1) is 11.4 Å². The molecule has 0 saturated heterocycles. The van der Waals surface area contributed by atoms with E-state index in [1.54, 1.807) is 30.3 Å². The van der Waals surface area contributed by atoms with Gasteiger partial charge >= 0.3 is 0 Å². The van der Waals surface area contributed by atoms with Gasteiger partial charge in [-0.25, -0.2) is 9.37 Å². The van der Waals surface area contributed by atoms with Crippen LogP contribution in [0.15, 0.2) is 71.7 Å². The Hall–Kier alpha value is -3.21. The summed E-state index contributed by atoms with van der Waals surface area (Å²) in [4.78, 5) is 16.9. The summed E-state index contributed by atoms with van der Waals surface area (Å²) in [6.45, 7) is 4.37. The summed E-state index contributed by atoms with van der Waals surface area (Å²) in [6, 6.07) is 13.1. The highest BCUT2D eigenvalue weighted by atomic mass is 35.5. The molecule has 2 aromatic carbocycles. The van der Waals surface area contributed by atoms with Gasteiger partial charge in [-0.05, 0) is 36.4 Å². The number of benzene rings is 2. The summed E-state index contributed by atoms with van der Waals surface area (Å²) in [5.41, 5.74) is 1.68. The maximum Gasteiger partial charge on any atom is 0.236 e. The summed E-state index contributed by atoms with van der Waals surface area (Å²) in [5.74, 6) is 0.672. The van der Waals surface area contributed by atoms with Crippen molar-refractivity contribution in [3.8, 4) is 17.0 Å². The summed E-state index contributed by atoms with van der Waals surface area (Å²) >= 11 is 8.53. The molecule has 0 aliphatic carbocycles. The fourth-order valence-electron chi connectivity index (χ4n) is 2.89. The minimum atomic E-state index is -0.335. The molecule has 2 aromatic heterocycles. The molecular weight excluding hydrogens is 497 g/mol. The average Bonchev–Trinajstić information content (AvgIpc) is 3.45. The Labute approximate surface area is 208 Å². The lowest BCUT2D eigenvalue weighted by atomic mass is 10.2. The molecule has 34 heavy (non-hydrogen) atoms. The first-order valence-electron chi connectivity index (χ1n) is 10.1. The van der Waals surface area contributed by atoms with Crippen LogP contribution in [0.25, 0.3) is 11.3 Å². The number of nitrogens with zero attached hydrogens (tertiary/aromatic N) is 4. The SMILES string of the molecule is C=CCn1c(COc2ccc(F)cc2)nnc1SCC(=O)Nc1nc(-c2ccc(Cl)cc2)cs1. The number of thiazole rings is 1.